The highest BCUT2D eigenvalue weighted by Gasteiger charge is 2.35. The Hall–Kier alpha value is -1.58. The fraction of sp³-hybridized carbons (Fsp3) is 0.444. The maximum absolute atomic E-state index is 9.53. The number of aliphatic hydroxyl groups excluding tert-OH is 1. The van der Waals surface area contributed by atoms with E-state index >= 15 is 0 Å². The van der Waals surface area contributed by atoms with Crippen LogP contribution in [0.2, 0.25) is 0 Å². The average Bonchev–Trinajstić information content (AvgIpc) is 2.87. The summed E-state index contributed by atoms with van der Waals surface area (Å²) < 4.78 is 2.36. The molecular weight excluding hydrogens is 260 g/mol. The molecule has 2 aromatic rings. The highest BCUT2D eigenvalue weighted by atomic mass is 16.3. The van der Waals surface area contributed by atoms with E-state index in [0.717, 1.165) is 25.1 Å². The van der Waals surface area contributed by atoms with Crippen molar-refractivity contribution < 1.29 is 5.11 Å². The minimum absolute atomic E-state index is 0.173. The monoisotopic (exact) mass is 282 g/mol. The van der Waals surface area contributed by atoms with Gasteiger partial charge in [0.15, 0.2) is 0 Å². The summed E-state index contributed by atoms with van der Waals surface area (Å²) in [6, 6.07) is 7.20. The fourth-order valence-corrected chi connectivity index (χ4v) is 4.20. The minimum atomic E-state index is 0.173. The molecule has 2 aliphatic rings. The van der Waals surface area contributed by atoms with Gasteiger partial charge in [-0.2, -0.15) is 0 Å². The van der Waals surface area contributed by atoms with E-state index in [4.69, 9.17) is 0 Å². The van der Waals surface area contributed by atoms with Gasteiger partial charge >= 0.3 is 0 Å². The van der Waals surface area contributed by atoms with E-state index in [0.29, 0.717) is 12.0 Å². The molecule has 1 aromatic carbocycles. The number of aryl methyl sites for hydroxylation is 1. The second-order valence-corrected chi connectivity index (χ2v) is 6.38. The maximum atomic E-state index is 9.53. The van der Waals surface area contributed by atoms with Crippen molar-refractivity contribution in [2.45, 2.75) is 31.8 Å². The molecule has 0 radical (unpaired) electrons. The smallest absolute Gasteiger partial charge is 0.0654 e. The Morgan fingerprint density at radius 1 is 1.33 bits per heavy atom. The van der Waals surface area contributed by atoms with E-state index in [1.165, 1.54) is 22.0 Å². The van der Waals surface area contributed by atoms with Crippen molar-refractivity contribution >= 4 is 10.9 Å². The van der Waals surface area contributed by atoms with Crippen LogP contribution < -0.4 is 0 Å². The summed E-state index contributed by atoms with van der Waals surface area (Å²) in [6.07, 6.45) is 5.76. The number of benzene rings is 1. The van der Waals surface area contributed by atoms with E-state index in [-0.39, 0.29) is 6.61 Å². The number of rotatable bonds is 2. The molecule has 0 amide bonds. The topological polar surface area (TPSA) is 28.4 Å². The molecule has 4 rings (SSSR count). The van der Waals surface area contributed by atoms with Crippen LogP contribution in [-0.2, 0) is 13.0 Å². The third-order valence-electron chi connectivity index (χ3n) is 5.20. The normalized spacial score (nSPS) is 25.0. The Morgan fingerprint density at radius 3 is 2.95 bits per heavy atom. The first-order valence-electron chi connectivity index (χ1n) is 7.84. The first-order chi connectivity index (χ1) is 10.2. The highest BCUT2D eigenvalue weighted by molar-refractivity contribution is 5.89. The molecule has 110 valence electrons. The SMILES string of the molecule is CCn1cc2c3c(cccc31)[C@H]1C=C(CO)CN(C)[C@@H]1C2. The van der Waals surface area contributed by atoms with Crippen LogP contribution in [-0.4, -0.2) is 40.8 Å². The lowest BCUT2D eigenvalue weighted by Crippen LogP contribution is -2.44. The van der Waals surface area contributed by atoms with Crippen LogP contribution in [0.15, 0.2) is 36.0 Å². The number of nitrogens with zero attached hydrogens (tertiary/aromatic N) is 2. The van der Waals surface area contributed by atoms with Gasteiger partial charge in [-0.3, -0.25) is 4.90 Å². The van der Waals surface area contributed by atoms with Crippen molar-refractivity contribution in [2.24, 2.45) is 0 Å². The van der Waals surface area contributed by atoms with Gasteiger partial charge in [-0.1, -0.05) is 18.2 Å². The molecule has 3 nitrogen and oxygen atoms in total. The summed E-state index contributed by atoms with van der Waals surface area (Å²) in [5, 5.41) is 11.0. The molecule has 1 N–H and O–H groups in total. The van der Waals surface area contributed by atoms with Gasteiger partial charge < -0.3 is 9.67 Å². The van der Waals surface area contributed by atoms with Crippen LogP contribution in [0.25, 0.3) is 10.9 Å². The number of hydrogen-bond acceptors (Lipinski definition) is 2. The van der Waals surface area contributed by atoms with Gasteiger partial charge in [0.05, 0.1) is 6.61 Å². The summed E-state index contributed by atoms with van der Waals surface area (Å²) in [6.45, 7) is 4.28. The quantitative estimate of drug-likeness (QED) is 0.857. The third kappa shape index (κ3) is 1.81. The molecule has 2 atom stereocenters. The molecule has 2 heterocycles. The van der Waals surface area contributed by atoms with E-state index in [9.17, 15) is 5.11 Å². The van der Waals surface area contributed by atoms with Crippen molar-refractivity contribution in [1.82, 2.24) is 9.47 Å². The number of likely N-dealkylation sites (N-methyl/N-ethyl adjacent to an activating group) is 1. The molecule has 0 bridgehead atoms. The van der Waals surface area contributed by atoms with Crippen LogP contribution in [0, 0.1) is 0 Å². The summed E-state index contributed by atoms with van der Waals surface area (Å²) in [4.78, 5) is 2.40. The van der Waals surface area contributed by atoms with Gasteiger partial charge in [-0.25, -0.2) is 0 Å². The molecule has 1 aromatic heterocycles. The number of fused-ring (bicyclic) bond motifs is 2. The second-order valence-electron chi connectivity index (χ2n) is 6.38. The molecule has 3 heteroatoms. The van der Waals surface area contributed by atoms with Gasteiger partial charge in [0.25, 0.3) is 0 Å². The highest BCUT2D eigenvalue weighted by Crippen LogP contribution is 2.42. The van der Waals surface area contributed by atoms with E-state index in [2.05, 4.69) is 53.9 Å². The standard InChI is InChI=1S/C18H22N2O/c1-3-20-10-13-8-17-15(7-12(11-21)9-19(17)2)14-5-4-6-16(20)18(13)14/h4-7,10,15,17,21H,3,8-9,11H2,1-2H3/t15-,17-/m1/s1. The Bertz CT molecular complexity index is 728. The van der Waals surface area contributed by atoms with Gasteiger partial charge in [0.2, 0.25) is 0 Å². The van der Waals surface area contributed by atoms with E-state index < -0.39 is 0 Å². The predicted octanol–water partition coefficient (Wildman–Crippen LogP) is 2.53. The molecule has 1 aliphatic heterocycles. The molecule has 0 fully saturated rings. The minimum Gasteiger partial charge on any atom is -0.392 e. The van der Waals surface area contributed by atoms with E-state index in [1.54, 1.807) is 0 Å². The molecule has 0 saturated heterocycles. The van der Waals surface area contributed by atoms with Gasteiger partial charge in [-0.05, 0) is 43.2 Å². The molecular formula is C18H22N2O. The summed E-state index contributed by atoms with van der Waals surface area (Å²) in [7, 11) is 2.18. The van der Waals surface area contributed by atoms with E-state index in [1.807, 2.05) is 0 Å². The second kappa shape index (κ2) is 4.72. The van der Waals surface area contributed by atoms with Crippen molar-refractivity contribution in [3.63, 3.8) is 0 Å². The Balaban J connectivity index is 1.95. The predicted molar refractivity (Wildman–Crippen MR) is 85.6 cm³/mol. The third-order valence-corrected chi connectivity index (χ3v) is 5.20. The summed E-state index contributed by atoms with van der Waals surface area (Å²) in [5.74, 6) is 0.412. The average molecular weight is 282 g/mol. The lowest BCUT2D eigenvalue weighted by molar-refractivity contribution is 0.208. The first kappa shape index (κ1) is 13.1. The molecule has 1 aliphatic carbocycles. The van der Waals surface area contributed by atoms with Gasteiger partial charge in [0.1, 0.15) is 0 Å². The van der Waals surface area contributed by atoms with Crippen molar-refractivity contribution in [1.29, 1.82) is 0 Å². The zero-order chi connectivity index (χ0) is 14.6. The van der Waals surface area contributed by atoms with Crippen LogP contribution in [0.1, 0.15) is 24.0 Å². The zero-order valence-electron chi connectivity index (χ0n) is 12.7. The molecule has 0 unspecified atom stereocenters. The lowest BCUT2D eigenvalue weighted by Gasteiger charge is -2.41. The Labute approximate surface area is 125 Å². The molecule has 0 saturated carbocycles. The summed E-state index contributed by atoms with van der Waals surface area (Å²) >= 11 is 0. The van der Waals surface area contributed by atoms with Crippen LogP contribution in [0.4, 0.5) is 0 Å². The zero-order valence-corrected chi connectivity index (χ0v) is 12.7. The largest absolute Gasteiger partial charge is 0.392 e. The lowest BCUT2D eigenvalue weighted by atomic mass is 9.77. The van der Waals surface area contributed by atoms with Gasteiger partial charge in [-0.15, -0.1) is 0 Å². The molecule has 21 heavy (non-hydrogen) atoms. The van der Waals surface area contributed by atoms with Gasteiger partial charge in [0, 0.05) is 42.1 Å². The van der Waals surface area contributed by atoms with Crippen molar-refractivity contribution in [2.75, 3.05) is 20.2 Å². The number of aliphatic hydroxyl groups is 1. The Kier molecular flexibility index (Phi) is 2.95. The van der Waals surface area contributed by atoms with Crippen LogP contribution >= 0.6 is 0 Å². The number of hydrogen-bond donors (Lipinski definition) is 1. The van der Waals surface area contributed by atoms with Crippen molar-refractivity contribution in [3.8, 4) is 0 Å². The maximum Gasteiger partial charge on any atom is 0.0654 e. The summed E-state index contributed by atoms with van der Waals surface area (Å²) in [5.41, 5.74) is 5.42. The first-order valence-corrected chi connectivity index (χ1v) is 7.84. The number of aromatic nitrogens is 1. The fourth-order valence-electron chi connectivity index (χ4n) is 4.20. The van der Waals surface area contributed by atoms with Crippen LogP contribution in [0.5, 0.6) is 0 Å². The Morgan fingerprint density at radius 2 is 2.19 bits per heavy atom. The molecule has 0 spiro atoms. The van der Waals surface area contributed by atoms with Crippen LogP contribution in [0.3, 0.4) is 0 Å². The van der Waals surface area contributed by atoms with Crippen molar-refractivity contribution in [3.05, 3.63) is 47.2 Å².